The van der Waals surface area contributed by atoms with Gasteiger partial charge in [0.05, 0.1) is 26.4 Å². The minimum Gasteiger partial charge on any atom is -0.490 e. The molecular weight excluding hydrogens is 490 g/mol. The average Bonchev–Trinajstić information content (AvgIpc) is 3.29. The molecule has 0 saturated carbocycles. The van der Waals surface area contributed by atoms with Gasteiger partial charge in [-0.1, -0.05) is 38.1 Å². The third-order valence-corrected chi connectivity index (χ3v) is 6.45. The van der Waals surface area contributed by atoms with Crippen LogP contribution in [-0.4, -0.2) is 38.3 Å². The highest BCUT2D eigenvalue weighted by molar-refractivity contribution is 7.15. The van der Waals surface area contributed by atoms with Gasteiger partial charge in [0.2, 0.25) is 5.75 Å². The molecule has 1 aromatic heterocycles. The summed E-state index contributed by atoms with van der Waals surface area (Å²) in [6.45, 7) is 13.0. The number of hydrogen-bond acceptors (Lipinski definition) is 7. The van der Waals surface area contributed by atoms with Crippen molar-refractivity contribution in [2.75, 3.05) is 31.7 Å². The van der Waals surface area contributed by atoms with Crippen LogP contribution in [0, 0.1) is 0 Å². The Morgan fingerprint density at radius 1 is 0.865 bits per heavy atom. The smallest absolute Gasteiger partial charge is 0.341 e. The summed E-state index contributed by atoms with van der Waals surface area (Å²) < 4.78 is 22.6. The van der Waals surface area contributed by atoms with Crippen molar-refractivity contribution in [2.24, 2.45) is 0 Å². The lowest BCUT2D eigenvalue weighted by Crippen LogP contribution is -2.15. The van der Waals surface area contributed by atoms with E-state index in [0.29, 0.717) is 64.7 Å². The van der Waals surface area contributed by atoms with Gasteiger partial charge < -0.3 is 24.3 Å². The van der Waals surface area contributed by atoms with Gasteiger partial charge in [0, 0.05) is 16.5 Å². The van der Waals surface area contributed by atoms with E-state index in [-0.39, 0.29) is 6.61 Å². The van der Waals surface area contributed by atoms with Crippen molar-refractivity contribution >= 4 is 28.2 Å². The molecule has 2 aromatic carbocycles. The standard InChI is InChI=1S/C29H35NO6S/c1-7-33-23-15-21(16-24(34-8-2)26(23)35-9-3)27(31)30-28-25(29(32)36-10-4)22(17-37-28)20-13-11-19(12-14-20)18(5)6/h11-18H,7-10H2,1-6H3,(H,30,31). The van der Waals surface area contributed by atoms with E-state index in [1.165, 1.54) is 16.9 Å². The zero-order chi connectivity index (χ0) is 26.9. The Balaban J connectivity index is 2.01. The molecule has 0 aliphatic carbocycles. The summed E-state index contributed by atoms with van der Waals surface area (Å²) in [7, 11) is 0. The summed E-state index contributed by atoms with van der Waals surface area (Å²) in [5.74, 6) is 0.801. The molecule has 3 aromatic rings. The fraction of sp³-hybridized carbons (Fsp3) is 0.379. The Kier molecular flexibility index (Phi) is 9.97. The van der Waals surface area contributed by atoms with Crippen LogP contribution in [0.5, 0.6) is 17.2 Å². The van der Waals surface area contributed by atoms with Gasteiger partial charge in [-0.05, 0) is 56.9 Å². The first-order valence-corrected chi connectivity index (χ1v) is 13.5. The lowest BCUT2D eigenvalue weighted by Gasteiger charge is -2.17. The molecule has 1 N–H and O–H groups in total. The summed E-state index contributed by atoms with van der Waals surface area (Å²) in [6.07, 6.45) is 0. The molecule has 0 unspecified atom stereocenters. The van der Waals surface area contributed by atoms with Crippen LogP contribution in [0.3, 0.4) is 0 Å². The number of amides is 1. The molecular formula is C29H35NO6S. The van der Waals surface area contributed by atoms with Crippen molar-refractivity contribution in [3.05, 3.63) is 58.5 Å². The Morgan fingerprint density at radius 3 is 1.97 bits per heavy atom. The van der Waals surface area contributed by atoms with Gasteiger partial charge in [0.25, 0.3) is 5.91 Å². The van der Waals surface area contributed by atoms with Crippen LogP contribution in [-0.2, 0) is 4.74 Å². The zero-order valence-corrected chi connectivity index (χ0v) is 23.1. The van der Waals surface area contributed by atoms with E-state index in [0.717, 1.165) is 5.56 Å². The molecule has 0 fully saturated rings. The average molecular weight is 526 g/mol. The quantitative estimate of drug-likeness (QED) is 0.253. The summed E-state index contributed by atoms with van der Waals surface area (Å²) in [5.41, 5.74) is 3.45. The maximum atomic E-state index is 13.4. The lowest BCUT2D eigenvalue weighted by atomic mass is 9.98. The first-order valence-electron chi connectivity index (χ1n) is 12.6. The van der Waals surface area contributed by atoms with Gasteiger partial charge in [0.15, 0.2) is 11.5 Å². The highest BCUT2D eigenvalue weighted by Crippen LogP contribution is 2.40. The highest BCUT2D eigenvalue weighted by atomic mass is 32.1. The zero-order valence-electron chi connectivity index (χ0n) is 22.3. The van der Waals surface area contributed by atoms with Gasteiger partial charge in [-0.25, -0.2) is 4.79 Å². The molecule has 1 amide bonds. The van der Waals surface area contributed by atoms with E-state index in [1.807, 2.05) is 38.3 Å². The van der Waals surface area contributed by atoms with Crippen molar-refractivity contribution in [1.82, 2.24) is 0 Å². The van der Waals surface area contributed by atoms with Crippen LogP contribution in [0.1, 0.15) is 73.7 Å². The van der Waals surface area contributed by atoms with Gasteiger partial charge in [-0.2, -0.15) is 0 Å². The molecule has 0 aliphatic rings. The van der Waals surface area contributed by atoms with E-state index in [1.54, 1.807) is 19.1 Å². The van der Waals surface area contributed by atoms with E-state index < -0.39 is 11.9 Å². The predicted molar refractivity (Wildman–Crippen MR) is 148 cm³/mol. The van der Waals surface area contributed by atoms with Gasteiger partial charge >= 0.3 is 5.97 Å². The molecule has 0 saturated heterocycles. The summed E-state index contributed by atoms with van der Waals surface area (Å²) in [5, 5.41) is 5.18. The molecule has 0 aliphatic heterocycles. The lowest BCUT2D eigenvalue weighted by molar-refractivity contribution is 0.0529. The van der Waals surface area contributed by atoms with Crippen molar-refractivity contribution in [3.8, 4) is 28.4 Å². The number of thiophene rings is 1. The number of benzene rings is 2. The summed E-state index contributed by atoms with van der Waals surface area (Å²) >= 11 is 1.28. The molecule has 1 heterocycles. The second-order valence-corrected chi connectivity index (χ2v) is 9.29. The van der Waals surface area contributed by atoms with Crippen molar-refractivity contribution < 1.29 is 28.5 Å². The van der Waals surface area contributed by atoms with Gasteiger partial charge in [0.1, 0.15) is 10.6 Å². The minimum atomic E-state index is -0.487. The van der Waals surface area contributed by atoms with E-state index >= 15 is 0 Å². The maximum absolute atomic E-state index is 13.4. The van der Waals surface area contributed by atoms with Crippen LogP contribution >= 0.6 is 11.3 Å². The van der Waals surface area contributed by atoms with Crippen LogP contribution in [0.4, 0.5) is 5.00 Å². The number of esters is 1. The molecule has 198 valence electrons. The predicted octanol–water partition coefficient (Wildman–Crippen LogP) is 7.16. The Hall–Kier alpha value is -3.52. The Labute approximate surface area is 222 Å². The number of rotatable bonds is 12. The fourth-order valence-electron chi connectivity index (χ4n) is 3.81. The molecule has 0 radical (unpaired) electrons. The van der Waals surface area contributed by atoms with Crippen LogP contribution in [0.2, 0.25) is 0 Å². The van der Waals surface area contributed by atoms with Crippen LogP contribution in [0.25, 0.3) is 11.1 Å². The van der Waals surface area contributed by atoms with E-state index in [4.69, 9.17) is 18.9 Å². The summed E-state index contributed by atoms with van der Waals surface area (Å²) in [6, 6.07) is 11.3. The number of carbonyl (C=O) groups excluding carboxylic acids is 2. The number of hydrogen-bond donors (Lipinski definition) is 1. The minimum absolute atomic E-state index is 0.224. The van der Waals surface area contributed by atoms with Crippen molar-refractivity contribution in [3.63, 3.8) is 0 Å². The SMILES string of the molecule is CCOC(=O)c1c(-c2ccc(C(C)C)cc2)csc1NC(=O)c1cc(OCC)c(OCC)c(OCC)c1. The van der Waals surface area contributed by atoms with Gasteiger partial charge in [-0.3, -0.25) is 4.79 Å². The molecule has 7 nitrogen and oxygen atoms in total. The molecule has 3 rings (SSSR count). The largest absolute Gasteiger partial charge is 0.490 e. The van der Waals surface area contributed by atoms with Crippen LogP contribution in [0.15, 0.2) is 41.8 Å². The van der Waals surface area contributed by atoms with Gasteiger partial charge in [-0.15, -0.1) is 11.3 Å². The fourth-order valence-corrected chi connectivity index (χ4v) is 4.76. The van der Waals surface area contributed by atoms with E-state index in [9.17, 15) is 9.59 Å². The Morgan fingerprint density at radius 2 is 1.46 bits per heavy atom. The second kappa shape index (κ2) is 13.1. The normalized spacial score (nSPS) is 10.8. The topological polar surface area (TPSA) is 83.1 Å². The van der Waals surface area contributed by atoms with E-state index in [2.05, 4.69) is 31.3 Å². The molecule has 0 spiro atoms. The Bertz CT molecular complexity index is 1190. The maximum Gasteiger partial charge on any atom is 0.341 e. The molecule has 37 heavy (non-hydrogen) atoms. The second-order valence-electron chi connectivity index (χ2n) is 8.41. The third-order valence-electron chi connectivity index (χ3n) is 5.56. The highest BCUT2D eigenvalue weighted by Gasteiger charge is 2.25. The first-order chi connectivity index (χ1) is 17.8. The van der Waals surface area contributed by atoms with Crippen molar-refractivity contribution in [2.45, 2.75) is 47.5 Å². The molecule has 0 bridgehead atoms. The molecule has 0 atom stereocenters. The number of anilines is 1. The number of carbonyl (C=O) groups is 2. The monoisotopic (exact) mass is 525 g/mol. The van der Waals surface area contributed by atoms with Crippen LogP contribution < -0.4 is 19.5 Å². The third kappa shape index (κ3) is 6.63. The molecule has 8 heteroatoms. The number of nitrogens with one attached hydrogen (secondary N) is 1. The number of ether oxygens (including phenoxy) is 4. The first kappa shape index (κ1) is 28.1. The van der Waals surface area contributed by atoms with Crippen molar-refractivity contribution in [1.29, 1.82) is 0 Å². The summed E-state index contributed by atoms with van der Waals surface area (Å²) in [4.78, 5) is 26.4.